The van der Waals surface area contributed by atoms with Crippen LogP contribution in [0.15, 0.2) is 67.1 Å². The summed E-state index contributed by atoms with van der Waals surface area (Å²) in [7, 11) is 0. The van der Waals surface area contributed by atoms with Crippen molar-refractivity contribution < 1.29 is 9.47 Å². The topological polar surface area (TPSA) is 44.2 Å². The first-order valence-corrected chi connectivity index (χ1v) is 7.56. The summed E-state index contributed by atoms with van der Waals surface area (Å²) in [6, 6.07) is 15.8. The maximum Gasteiger partial charge on any atom is 0.213 e. The summed E-state index contributed by atoms with van der Waals surface area (Å²) in [5, 5.41) is 0. The Morgan fingerprint density at radius 2 is 1.78 bits per heavy atom. The summed E-state index contributed by atoms with van der Waals surface area (Å²) in [6.45, 7) is 3.02. The van der Waals surface area contributed by atoms with Crippen LogP contribution < -0.4 is 9.47 Å². The van der Waals surface area contributed by atoms with Crippen LogP contribution in [0.4, 0.5) is 0 Å². The highest BCUT2D eigenvalue weighted by Gasteiger charge is 2.01. The average Bonchev–Trinajstić information content (AvgIpc) is 2.62. The molecule has 0 saturated carbocycles. The Hall–Kier alpha value is -2.88. The Morgan fingerprint density at radius 1 is 0.913 bits per heavy atom. The molecule has 4 heteroatoms. The summed E-state index contributed by atoms with van der Waals surface area (Å²) in [5.41, 5.74) is 3.24. The smallest absolute Gasteiger partial charge is 0.213 e. The van der Waals surface area contributed by atoms with E-state index in [-0.39, 0.29) is 0 Å². The second-order valence-corrected chi connectivity index (χ2v) is 4.99. The molecular formula is C19H18N2O2. The highest BCUT2D eigenvalue weighted by molar-refractivity contribution is 5.62. The van der Waals surface area contributed by atoms with Gasteiger partial charge in [-0.05, 0) is 47.9 Å². The van der Waals surface area contributed by atoms with Gasteiger partial charge in [0.15, 0.2) is 0 Å². The molecule has 0 N–H and O–H groups in total. The first kappa shape index (κ1) is 15.0. The fraction of sp³-hybridized carbons (Fsp3) is 0.158. The van der Waals surface area contributed by atoms with Crippen LogP contribution >= 0.6 is 0 Å². The van der Waals surface area contributed by atoms with Crippen LogP contribution in [0, 0.1) is 0 Å². The lowest BCUT2D eigenvalue weighted by Gasteiger charge is -2.08. The van der Waals surface area contributed by atoms with Crippen molar-refractivity contribution in [2.75, 3.05) is 6.61 Å². The highest BCUT2D eigenvalue weighted by atomic mass is 16.5. The Bertz CT molecular complexity index is 743. The number of ether oxygens (including phenoxy) is 2. The van der Waals surface area contributed by atoms with E-state index in [1.807, 2.05) is 61.7 Å². The van der Waals surface area contributed by atoms with Crippen LogP contribution in [-0.4, -0.2) is 16.6 Å². The van der Waals surface area contributed by atoms with Crippen molar-refractivity contribution in [3.8, 4) is 22.8 Å². The summed E-state index contributed by atoms with van der Waals surface area (Å²) in [4.78, 5) is 8.28. The molecule has 0 bridgehead atoms. The van der Waals surface area contributed by atoms with Gasteiger partial charge in [0.05, 0.1) is 6.61 Å². The van der Waals surface area contributed by atoms with Crippen molar-refractivity contribution in [3.05, 3.63) is 72.7 Å². The Balaban J connectivity index is 1.64. The van der Waals surface area contributed by atoms with Crippen molar-refractivity contribution in [2.24, 2.45) is 0 Å². The van der Waals surface area contributed by atoms with Gasteiger partial charge in [-0.15, -0.1) is 0 Å². The molecule has 0 aliphatic rings. The third-order valence-electron chi connectivity index (χ3n) is 3.35. The molecule has 0 amide bonds. The third-order valence-corrected chi connectivity index (χ3v) is 3.35. The lowest BCUT2D eigenvalue weighted by molar-refractivity contribution is 0.301. The fourth-order valence-electron chi connectivity index (χ4n) is 2.21. The summed E-state index contributed by atoms with van der Waals surface area (Å²) < 4.78 is 11.2. The number of aromatic nitrogens is 2. The number of hydrogen-bond acceptors (Lipinski definition) is 4. The van der Waals surface area contributed by atoms with E-state index in [4.69, 9.17) is 9.47 Å². The van der Waals surface area contributed by atoms with Crippen molar-refractivity contribution in [3.63, 3.8) is 0 Å². The molecular weight excluding hydrogens is 288 g/mol. The van der Waals surface area contributed by atoms with Crippen molar-refractivity contribution in [1.29, 1.82) is 0 Å². The molecule has 0 atom stereocenters. The van der Waals surface area contributed by atoms with Crippen LogP contribution in [0.1, 0.15) is 12.5 Å². The van der Waals surface area contributed by atoms with E-state index in [1.54, 1.807) is 12.4 Å². The van der Waals surface area contributed by atoms with Gasteiger partial charge in [0.25, 0.3) is 0 Å². The minimum Gasteiger partial charge on any atom is -0.489 e. The lowest BCUT2D eigenvalue weighted by atomic mass is 10.1. The molecule has 2 aromatic heterocycles. The molecule has 0 aliphatic heterocycles. The SMILES string of the molecule is CCOc1cc(COc2ccc(-c3cccnc3)cc2)ccn1. The van der Waals surface area contributed by atoms with E-state index in [9.17, 15) is 0 Å². The Morgan fingerprint density at radius 3 is 2.52 bits per heavy atom. The van der Waals surface area contributed by atoms with Crippen molar-refractivity contribution in [1.82, 2.24) is 9.97 Å². The summed E-state index contributed by atoms with van der Waals surface area (Å²) in [6.07, 6.45) is 5.35. The van der Waals surface area contributed by atoms with Gasteiger partial charge in [-0.1, -0.05) is 18.2 Å². The number of pyridine rings is 2. The second-order valence-electron chi connectivity index (χ2n) is 4.99. The van der Waals surface area contributed by atoms with Crippen molar-refractivity contribution in [2.45, 2.75) is 13.5 Å². The van der Waals surface area contributed by atoms with Crippen molar-refractivity contribution >= 4 is 0 Å². The Labute approximate surface area is 135 Å². The third kappa shape index (κ3) is 4.07. The lowest BCUT2D eigenvalue weighted by Crippen LogP contribution is -1.99. The minimum atomic E-state index is 0.481. The first-order valence-electron chi connectivity index (χ1n) is 7.56. The molecule has 0 radical (unpaired) electrons. The van der Waals surface area contributed by atoms with Gasteiger partial charge in [0, 0.05) is 24.7 Å². The summed E-state index contributed by atoms with van der Waals surface area (Å²) >= 11 is 0. The van der Waals surface area contributed by atoms with Gasteiger partial charge >= 0.3 is 0 Å². The number of benzene rings is 1. The van der Waals surface area contributed by atoms with Gasteiger partial charge < -0.3 is 9.47 Å². The maximum absolute atomic E-state index is 5.82. The number of rotatable bonds is 6. The van der Waals surface area contributed by atoms with E-state index in [0.29, 0.717) is 19.1 Å². The minimum absolute atomic E-state index is 0.481. The van der Waals surface area contributed by atoms with Gasteiger partial charge in [0.1, 0.15) is 12.4 Å². The Kier molecular flexibility index (Phi) is 4.84. The molecule has 1 aromatic carbocycles. The first-order chi connectivity index (χ1) is 11.3. The standard InChI is InChI=1S/C19H18N2O2/c1-2-22-19-12-15(9-11-21-19)14-23-18-7-5-16(6-8-18)17-4-3-10-20-13-17/h3-13H,2,14H2,1H3. The molecule has 2 heterocycles. The molecule has 3 aromatic rings. The van der Waals surface area contributed by atoms with E-state index >= 15 is 0 Å². The van der Waals surface area contributed by atoms with Crippen LogP contribution in [0.3, 0.4) is 0 Å². The van der Waals surface area contributed by atoms with Gasteiger partial charge in [0.2, 0.25) is 5.88 Å². The largest absolute Gasteiger partial charge is 0.489 e. The molecule has 0 unspecified atom stereocenters. The second kappa shape index (κ2) is 7.40. The fourth-order valence-corrected chi connectivity index (χ4v) is 2.21. The maximum atomic E-state index is 5.82. The quantitative estimate of drug-likeness (QED) is 0.687. The molecule has 0 fully saturated rings. The van der Waals surface area contributed by atoms with Gasteiger partial charge in [-0.3, -0.25) is 4.98 Å². The van der Waals surface area contributed by atoms with Crippen LogP contribution in [0.5, 0.6) is 11.6 Å². The zero-order valence-corrected chi connectivity index (χ0v) is 13.0. The molecule has 116 valence electrons. The molecule has 3 rings (SSSR count). The zero-order chi connectivity index (χ0) is 15.9. The molecule has 4 nitrogen and oxygen atoms in total. The van der Waals surface area contributed by atoms with Gasteiger partial charge in [-0.25, -0.2) is 4.98 Å². The molecule has 0 saturated heterocycles. The number of hydrogen-bond donors (Lipinski definition) is 0. The monoisotopic (exact) mass is 306 g/mol. The van der Waals surface area contributed by atoms with Crippen LogP contribution in [0.25, 0.3) is 11.1 Å². The predicted molar refractivity (Wildman–Crippen MR) is 89.4 cm³/mol. The van der Waals surface area contributed by atoms with E-state index in [0.717, 1.165) is 22.4 Å². The average molecular weight is 306 g/mol. The van der Waals surface area contributed by atoms with Crippen LogP contribution in [0.2, 0.25) is 0 Å². The zero-order valence-electron chi connectivity index (χ0n) is 13.0. The summed E-state index contributed by atoms with van der Waals surface area (Å²) in [5.74, 6) is 1.45. The van der Waals surface area contributed by atoms with E-state index < -0.39 is 0 Å². The molecule has 23 heavy (non-hydrogen) atoms. The molecule has 0 spiro atoms. The van der Waals surface area contributed by atoms with Crippen LogP contribution in [-0.2, 0) is 6.61 Å². The number of nitrogens with zero attached hydrogens (tertiary/aromatic N) is 2. The van der Waals surface area contributed by atoms with E-state index in [2.05, 4.69) is 9.97 Å². The normalized spacial score (nSPS) is 10.3. The highest BCUT2D eigenvalue weighted by Crippen LogP contribution is 2.22. The van der Waals surface area contributed by atoms with Gasteiger partial charge in [-0.2, -0.15) is 0 Å². The van der Waals surface area contributed by atoms with E-state index in [1.165, 1.54) is 0 Å². The molecule has 0 aliphatic carbocycles. The predicted octanol–water partition coefficient (Wildman–Crippen LogP) is 4.12.